The number of hydrogen-bond donors (Lipinski definition) is 0. The summed E-state index contributed by atoms with van der Waals surface area (Å²) in [7, 11) is -3.25. The summed E-state index contributed by atoms with van der Waals surface area (Å²) >= 11 is 5.32. The van der Waals surface area contributed by atoms with Crippen molar-refractivity contribution in [3.8, 4) is 0 Å². The van der Waals surface area contributed by atoms with Gasteiger partial charge in [0, 0.05) is 12.6 Å². The topological polar surface area (TPSA) is 46.6 Å². The van der Waals surface area contributed by atoms with Crippen LogP contribution < -0.4 is 0 Å². The Morgan fingerprint density at radius 3 is 2.83 bits per heavy atom. The van der Waals surface area contributed by atoms with E-state index in [-0.39, 0.29) is 11.3 Å². The molecule has 1 fully saturated rings. The molecule has 0 saturated carbocycles. The second-order valence-electron chi connectivity index (χ2n) is 2.76. The van der Waals surface area contributed by atoms with E-state index in [2.05, 4.69) is 0 Å². The highest BCUT2D eigenvalue weighted by atomic mass is 35.5. The molecule has 1 rings (SSSR count). The van der Waals surface area contributed by atoms with Crippen molar-refractivity contribution >= 4 is 21.6 Å². The van der Waals surface area contributed by atoms with Crippen molar-refractivity contribution < 1.29 is 13.2 Å². The Bertz CT molecular complexity index is 241. The molecule has 0 amide bonds. The van der Waals surface area contributed by atoms with Crippen molar-refractivity contribution in [2.75, 3.05) is 25.0 Å². The van der Waals surface area contributed by atoms with Gasteiger partial charge >= 0.3 is 0 Å². The first-order chi connectivity index (χ1) is 5.58. The van der Waals surface area contributed by atoms with Crippen LogP contribution in [-0.4, -0.2) is 43.7 Å². The van der Waals surface area contributed by atoms with Crippen LogP contribution in [0.1, 0.15) is 6.92 Å². The molecule has 4 nitrogen and oxygen atoms in total. The van der Waals surface area contributed by atoms with E-state index in [4.69, 9.17) is 16.3 Å². The molecule has 1 aliphatic heterocycles. The van der Waals surface area contributed by atoms with Crippen molar-refractivity contribution in [2.24, 2.45) is 0 Å². The number of ether oxygens (including phenoxy) is 1. The number of hydrogen-bond acceptors (Lipinski definition) is 3. The third kappa shape index (κ3) is 2.10. The molecule has 12 heavy (non-hydrogen) atoms. The van der Waals surface area contributed by atoms with Crippen LogP contribution in [0.4, 0.5) is 0 Å². The van der Waals surface area contributed by atoms with Crippen LogP contribution in [0.3, 0.4) is 0 Å². The Morgan fingerprint density at radius 1 is 1.67 bits per heavy atom. The minimum absolute atomic E-state index is 0.0949. The molecule has 0 radical (unpaired) electrons. The highest BCUT2D eigenvalue weighted by Gasteiger charge is 2.28. The van der Waals surface area contributed by atoms with E-state index in [1.165, 1.54) is 4.31 Å². The maximum absolute atomic E-state index is 11.3. The number of nitrogens with zero attached hydrogens (tertiary/aromatic N) is 1. The fraction of sp³-hybridized carbons (Fsp3) is 1.00. The van der Waals surface area contributed by atoms with Gasteiger partial charge in [0.2, 0.25) is 10.0 Å². The lowest BCUT2D eigenvalue weighted by molar-refractivity contribution is 0.0395. The molecular weight excluding hydrogens is 202 g/mol. The molecule has 1 heterocycles. The van der Waals surface area contributed by atoms with Gasteiger partial charge in [-0.25, -0.2) is 8.42 Å². The van der Waals surface area contributed by atoms with E-state index in [0.717, 1.165) is 0 Å². The summed E-state index contributed by atoms with van der Waals surface area (Å²) < 4.78 is 29.1. The zero-order chi connectivity index (χ0) is 9.19. The van der Waals surface area contributed by atoms with Crippen molar-refractivity contribution in [1.82, 2.24) is 4.31 Å². The zero-order valence-corrected chi connectivity index (χ0v) is 8.44. The van der Waals surface area contributed by atoms with Crippen LogP contribution >= 0.6 is 11.6 Å². The van der Waals surface area contributed by atoms with E-state index in [0.29, 0.717) is 19.8 Å². The molecule has 0 aromatic rings. The first kappa shape index (κ1) is 10.2. The summed E-state index contributed by atoms with van der Waals surface area (Å²) in [4.78, 5) is 0. The molecule has 0 spiro atoms. The highest BCUT2D eigenvalue weighted by Crippen LogP contribution is 2.12. The van der Waals surface area contributed by atoms with Gasteiger partial charge in [0.1, 0.15) is 5.21 Å². The zero-order valence-electron chi connectivity index (χ0n) is 6.86. The minimum atomic E-state index is -3.25. The average Bonchev–Trinajstić information content (AvgIpc) is 2.05. The Hall–Kier alpha value is 0.160. The Labute approximate surface area is 77.5 Å². The highest BCUT2D eigenvalue weighted by molar-refractivity contribution is 7.90. The van der Waals surface area contributed by atoms with Crippen LogP contribution in [-0.2, 0) is 14.8 Å². The lowest BCUT2D eigenvalue weighted by Gasteiger charge is -2.31. The standard InChI is InChI=1S/C6H12ClNO3S/c1-6-4-11-3-2-8(6)12(9,10)5-7/h6H,2-5H2,1H3/t6-/m1/s1. The number of morpholine rings is 1. The molecule has 1 saturated heterocycles. The first-order valence-corrected chi connectivity index (χ1v) is 5.85. The molecule has 6 heteroatoms. The molecule has 0 aliphatic carbocycles. The second kappa shape index (κ2) is 3.91. The van der Waals surface area contributed by atoms with Gasteiger partial charge in [-0.3, -0.25) is 0 Å². The number of alkyl halides is 1. The predicted octanol–water partition coefficient (Wildman–Crippen LogP) is 0.233. The van der Waals surface area contributed by atoms with Gasteiger partial charge in [0.05, 0.1) is 13.2 Å². The SMILES string of the molecule is C[C@@H]1COCCN1S(=O)(=O)CCl. The fourth-order valence-corrected chi connectivity index (χ4v) is 2.65. The number of sulfonamides is 1. The molecule has 0 unspecified atom stereocenters. The third-order valence-electron chi connectivity index (χ3n) is 1.80. The van der Waals surface area contributed by atoms with Crippen molar-refractivity contribution in [3.63, 3.8) is 0 Å². The maximum Gasteiger partial charge on any atom is 0.228 e. The van der Waals surface area contributed by atoms with E-state index in [1.54, 1.807) is 0 Å². The summed E-state index contributed by atoms with van der Waals surface area (Å²) in [5, 5.41) is -0.350. The summed E-state index contributed by atoms with van der Waals surface area (Å²) in [5.74, 6) is 0. The smallest absolute Gasteiger partial charge is 0.228 e. The minimum Gasteiger partial charge on any atom is -0.378 e. The monoisotopic (exact) mass is 213 g/mol. The summed E-state index contributed by atoms with van der Waals surface area (Å²) in [6.07, 6.45) is 0. The maximum atomic E-state index is 11.3. The second-order valence-corrected chi connectivity index (χ2v) is 5.26. The Kier molecular flexibility index (Phi) is 3.34. The van der Waals surface area contributed by atoms with Crippen molar-refractivity contribution in [2.45, 2.75) is 13.0 Å². The lowest BCUT2D eigenvalue weighted by Crippen LogP contribution is -2.47. The fourth-order valence-electron chi connectivity index (χ4n) is 1.19. The quantitative estimate of drug-likeness (QED) is 0.618. The largest absolute Gasteiger partial charge is 0.378 e. The van der Waals surface area contributed by atoms with Crippen LogP contribution in [0.5, 0.6) is 0 Å². The molecule has 1 atom stereocenters. The molecule has 0 aromatic heterocycles. The summed E-state index contributed by atoms with van der Waals surface area (Å²) in [6, 6.07) is -0.0949. The van der Waals surface area contributed by atoms with E-state index in [9.17, 15) is 8.42 Å². The molecular formula is C6H12ClNO3S. The van der Waals surface area contributed by atoms with Crippen molar-refractivity contribution in [3.05, 3.63) is 0 Å². The van der Waals surface area contributed by atoms with Crippen LogP contribution in [0, 0.1) is 0 Å². The number of halogens is 1. The Morgan fingerprint density at radius 2 is 2.33 bits per heavy atom. The summed E-state index contributed by atoms with van der Waals surface area (Å²) in [5.41, 5.74) is 0. The molecule has 72 valence electrons. The first-order valence-electron chi connectivity index (χ1n) is 3.71. The van der Waals surface area contributed by atoms with Crippen LogP contribution in [0.15, 0.2) is 0 Å². The number of rotatable bonds is 2. The van der Waals surface area contributed by atoms with Gasteiger partial charge in [0.25, 0.3) is 0 Å². The van der Waals surface area contributed by atoms with Gasteiger partial charge in [0.15, 0.2) is 0 Å². The van der Waals surface area contributed by atoms with E-state index >= 15 is 0 Å². The van der Waals surface area contributed by atoms with Crippen LogP contribution in [0.25, 0.3) is 0 Å². The van der Waals surface area contributed by atoms with Gasteiger partial charge in [-0.05, 0) is 6.92 Å². The van der Waals surface area contributed by atoms with E-state index < -0.39 is 10.0 Å². The normalized spacial score (nSPS) is 27.3. The van der Waals surface area contributed by atoms with Crippen LogP contribution in [0.2, 0.25) is 0 Å². The molecule has 0 aromatic carbocycles. The molecule has 0 N–H and O–H groups in total. The van der Waals surface area contributed by atoms with Crippen molar-refractivity contribution in [1.29, 1.82) is 0 Å². The molecule has 0 bridgehead atoms. The molecule has 1 aliphatic rings. The van der Waals surface area contributed by atoms with E-state index in [1.807, 2.05) is 6.92 Å². The van der Waals surface area contributed by atoms with Gasteiger partial charge in [-0.1, -0.05) is 0 Å². The predicted molar refractivity (Wildman–Crippen MR) is 46.6 cm³/mol. The average molecular weight is 214 g/mol. The summed E-state index contributed by atoms with van der Waals surface area (Å²) in [6.45, 7) is 3.13. The van der Waals surface area contributed by atoms with Gasteiger partial charge < -0.3 is 4.74 Å². The van der Waals surface area contributed by atoms with Gasteiger partial charge in [-0.2, -0.15) is 4.31 Å². The third-order valence-corrected chi connectivity index (χ3v) is 4.16. The lowest BCUT2D eigenvalue weighted by atomic mass is 10.3. The van der Waals surface area contributed by atoms with Gasteiger partial charge in [-0.15, -0.1) is 11.6 Å². The Balaban J connectivity index is 2.72.